The quantitative estimate of drug-likeness (QED) is 0.168. The van der Waals surface area contributed by atoms with E-state index in [1.807, 2.05) is 12.3 Å². The highest BCUT2D eigenvalue weighted by atomic mass is 16.5. The number of allylic oxidation sites excluding steroid dienone is 1. The third kappa shape index (κ3) is 6.37. The summed E-state index contributed by atoms with van der Waals surface area (Å²) >= 11 is 0. The summed E-state index contributed by atoms with van der Waals surface area (Å²) < 4.78 is 5.48. The number of nitrogens with zero attached hydrogens (tertiary/aromatic N) is 5. The number of hydrogen-bond acceptors (Lipinski definition) is 11. The van der Waals surface area contributed by atoms with Crippen molar-refractivity contribution in [1.82, 2.24) is 20.2 Å². The Kier molecular flexibility index (Phi) is 8.85. The number of nitrogens with two attached hydrogens (primary N) is 1. The molecule has 48 heavy (non-hydrogen) atoms. The van der Waals surface area contributed by atoms with E-state index in [0.717, 1.165) is 91.4 Å². The Morgan fingerprint density at radius 1 is 1.04 bits per heavy atom. The van der Waals surface area contributed by atoms with E-state index >= 15 is 0 Å². The number of piperidine rings is 1. The number of morpholine rings is 1. The van der Waals surface area contributed by atoms with Crippen LogP contribution in [0.2, 0.25) is 0 Å². The number of ether oxygens (including phenoxy) is 1. The summed E-state index contributed by atoms with van der Waals surface area (Å²) in [5, 5.41) is 5.57. The highest BCUT2D eigenvalue weighted by Crippen LogP contribution is 2.34. The number of anilines is 2. The Hall–Kier alpha value is -5.17. The van der Waals surface area contributed by atoms with Crippen LogP contribution in [0.25, 0.3) is 16.6 Å². The van der Waals surface area contributed by atoms with Crippen molar-refractivity contribution >= 4 is 57.8 Å². The van der Waals surface area contributed by atoms with Gasteiger partial charge in [-0.05, 0) is 74.4 Å². The van der Waals surface area contributed by atoms with Crippen molar-refractivity contribution in [3.05, 3.63) is 65.6 Å². The number of amides is 4. The first-order chi connectivity index (χ1) is 23.4. The number of nitrogens with one attached hydrogen (secondary N) is 2. The molecule has 2 saturated heterocycles. The normalized spacial score (nSPS) is 23.1. The van der Waals surface area contributed by atoms with Crippen LogP contribution in [0.1, 0.15) is 64.9 Å². The van der Waals surface area contributed by atoms with Crippen LogP contribution in [0.3, 0.4) is 0 Å². The number of aliphatic imine (C=N–C) groups is 1. The van der Waals surface area contributed by atoms with Crippen LogP contribution in [-0.2, 0) is 14.3 Å². The molecular weight excluding hydrogens is 612 g/mol. The summed E-state index contributed by atoms with van der Waals surface area (Å²) in [5.41, 5.74) is 11.4. The predicted molar refractivity (Wildman–Crippen MR) is 181 cm³/mol. The molecule has 3 fully saturated rings. The van der Waals surface area contributed by atoms with Gasteiger partial charge in [0.2, 0.25) is 11.8 Å². The molecule has 1 aliphatic carbocycles. The molecule has 7 rings (SSSR count). The lowest BCUT2D eigenvalue weighted by molar-refractivity contribution is -0.136. The van der Waals surface area contributed by atoms with Crippen molar-refractivity contribution in [1.29, 1.82) is 0 Å². The Labute approximate surface area is 277 Å². The molecule has 248 valence electrons. The van der Waals surface area contributed by atoms with Gasteiger partial charge in [0, 0.05) is 55.4 Å². The topological polar surface area (TPSA) is 172 Å². The van der Waals surface area contributed by atoms with Crippen LogP contribution < -0.4 is 21.3 Å². The Balaban J connectivity index is 0.871. The molecular formula is C35H38N8O5. The monoisotopic (exact) mass is 650 g/mol. The van der Waals surface area contributed by atoms with Crippen LogP contribution >= 0.6 is 0 Å². The van der Waals surface area contributed by atoms with Crippen molar-refractivity contribution in [2.45, 2.75) is 50.6 Å². The van der Waals surface area contributed by atoms with Crippen molar-refractivity contribution in [2.24, 2.45) is 16.6 Å². The SMILES string of the molecule is NC=C(C=NC1CC(CCCNc2ccc3c(c2)C(=O)N(C2CCC(=O)NC2=O)C3=O)C1)c1cnc2ccc(N3CCOCC3)cc2n1. The zero-order chi connectivity index (χ0) is 33.2. The van der Waals surface area contributed by atoms with Gasteiger partial charge in [-0.1, -0.05) is 0 Å². The molecule has 0 radical (unpaired) electrons. The summed E-state index contributed by atoms with van der Waals surface area (Å²) in [6.45, 7) is 3.87. The van der Waals surface area contributed by atoms with E-state index in [4.69, 9.17) is 20.4 Å². The molecule has 13 nitrogen and oxygen atoms in total. The molecule has 0 bridgehead atoms. The average molecular weight is 651 g/mol. The lowest BCUT2D eigenvalue weighted by Gasteiger charge is -2.32. The summed E-state index contributed by atoms with van der Waals surface area (Å²) in [5.74, 6) is -1.44. The first-order valence-electron chi connectivity index (χ1n) is 16.5. The van der Waals surface area contributed by atoms with E-state index in [9.17, 15) is 19.2 Å². The smallest absolute Gasteiger partial charge is 0.262 e. The van der Waals surface area contributed by atoms with Gasteiger partial charge in [0.1, 0.15) is 6.04 Å². The minimum atomic E-state index is -0.971. The van der Waals surface area contributed by atoms with Gasteiger partial charge in [-0.2, -0.15) is 0 Å². The molecule has 4 amide bonds. The molecule has 0 spiro atoms. The molecule has 13 heteroatoms. The molecule has 3 aliphatic heterocycles. The first-order valence-corrected chi connectivity index (χ1v) is 16.5. The zero-order valence-corrected chi connectivity index (χ0v) is 26.6. The number of fused-ring (bicyclic) bond motifs is 2. The fourth-order valence-corrected chi connectivity index (χ4v) is 6.80. The minimum Gasteiger partial charge on any atom is -0.404 e. The standard InChI is InChI=1S/C35H38N8O5/c36-18-22(30-20-39-28-6-4-25(17-29(28)40-30)42-10-12-48-13-11-42)19-38-24-14-21(15-24)2-1-9-37-23-3-5-26-27(16-23)35(47)43(34(26)46)31-7-8-32(44)41-33(31)45/h3-6,16-21,24,31,37H,1-2,7-15,36H2,(H,41,44,45). The fraction of sp³-hybridized carbons (Fsp3) is 0.400. The Morgan fingerprint density at radius 3 is 2.65 bits per heavy atom. The number of benzene rings is 2. The predicted octanol–water partition coefficient (Wildman–Crippen LogP) is 2.91. The second-order valence-electron chi connectivity index (χ2n) is 12.7. The molecule has 1 atom stereocenters. The fourth-order valence-electron chi connectivity index (χ4n) is 6.80. The molecule has 1 aromatic heterocycles. The van der Waals surface area contributed by atoms with Gasteiger partial charge in [0.05, 0.1) is 53.3 Å². The number of rotatable bonds is 10. The highest BCUT2D eigenvalue weighted by Gasteiger charge is 2.44. The zero-order valence-electron chi connectivity index (χ0n) is 26.6. The third-order valence-corrected chi connectivity index (χ3v) is 9.57. The molecule has 1 unspecified atom stereocenters. The van der Waals surface area contributed by atoms with Gasteiger partial charge in [-0.3, -0.25) is 39.4 Å². The highest BCUT2D eigenvalue weighted by molar-refractivity contribution is 6.23. The maximum Gasteiger partial charge on any atom is 0.262 e. The lowest BCUT2D eigenvalue weighted by atomic mass is 9.78. The van der Waals surface area contributed by atoms with Crippen molar-refractivity contribution in [2.75, 3.05) is 43.1 Å². The molecule has 4 heterocycles. The van der Waals surface area contributed by atoms with E-state index in [0.29, 0.717) is 11.6 Å². The lowest BCUT2D eigenvalue weighted by Crippen LogP contribution is -2.54. The number of aromatic nitrogens is 2. The van der Waals surface area contributed by atoms with E-state index in [-0.39, 0.29) is 30.0 Å². The third-order valence-electron chi connectivity index (χ3n) is 9.57. The Bertz CT molecular complexity index is 1830. The largest absolute Gasteiger partial charge is 0.404 e. The van der Waals surface area contributed by atoms with Gasteiger partial charge in [-0.25, -0.2) is 4.98 Å². The summed E-state index contributed by atoms with van der Waals surface area (Å²) in [4.78, 5) is 67.3. The second kappa shape index (κ2) is 13.5. The van der Waals surface area contributed by atoms with E-state index in [1.54, 1.807) is 24.4 Å². The maximum atomic E-state index is 13.1. The molecule has 3 aromatic rings. The van der Waals surface area contributed by atoms with Gasteiger partial charge in [0.25, 0.3) is 11.8 Å². The van der Waals surface area contributed by atoms with E-state index < -0.39 is 29.7 Å². The number of carbonyl (C=O) groups excluding carboxylic acids is 4. The Morgan fingerprint density at radius 2 is 1.85 bits per heavy atom. The van der Waals surface area contributed by atoms with Crippen LogP contribution in [0, 0.1) is 5.92 Å². The minimum absolute atomic E-state index is 0.0913. The second-order valence-corrected chi connectivity index (χ2v) is 12.7. The van der Waals surface area contributed by atoms with Gasteiger partial charge in [-0.15, -0.1) is 0 Å². The number of imide groups is 2. The van der Waals surface area contributed by atoms with E-state index in [1.165, 1.54) is 6.20 Å². The van der Waals surface area contributed by atoms with Crippen LogP contribution in [-0.4, -0.2) is 89.6 Å². The van der Waals surface area contributed by atoms with Crippen molar-refractivity contribution < 1.29 is 23.9 Å². The first kappa shape index (κ1) is 31.4. The van der Waals surface area contributed by atoms with Crippen LogP contribution in [0.15, 0.2) is 53.8 Å². The maximum absolute atomic E-state index is 13.1. The van der Waals surface area contributed by atoms with Gasteiger partial charge in [0.15, 0.2) is 0 Å². The summed E-state index contributed by atoms with van der Waals surface area (Å²) in [6.07, 6.45) is 9.31. The van der Waals surface area contributed by atoms with Crippen molar-refractivity contribution in [3.8, 4) is 0 Å². The number of hydrogen-bond donors (Lipinski definition) is 3. The average Bonchev–Trinajstić information content (AvgIpc) is 3.33. The summed E-state index contributed by atoms with van der Waals surface area (Å²) in [7, 11) is 0. The molecule has 2 aromatic carbocycles. The molecule has 4 N–H and O–H groups in total. The van der Waals surface area contributed by atoms with Gasteiger partial charge < -0.3 is 20.7 Å². The number of carbonyl (C=O) groups is 4. The van der Waals surface area contributed by atoms with E-state index in [2.05, 4.69) is 32.7 Å². The van der Waals surface area contributed by atoms with Gasteiger partial charge >= 0.3 is 0 Å². The van der Waals surface area contributed by atoms with Crippen LogP contribution in [0.4, 0.5) is 11.4 Å². The molecule has 4 aliphatic rings. The summed E-state index contributed by atoms with van der Waals surface area (Å²) in [6, 6.07) is 10.5. The molecule has 1 saturated carbocycles. The van der Waals surface area contributed by atoms with Crippen LogP contribution in [0.5, 0.6) is 0 Å². The van der Waals surface area contributed by atoms with Crippen molar-refractivity contribution in [3.63, 3.8) is 0 Å².